The van der Waals surface area contributed by atoms with Crippen molar-refractivity contribution in [2.45, 2.75) is 24.9 Å². The van der Waals surface area contributed by atoms with Crippen molar-refractivity contribution in [2.75, 3.05) is 20.2 Å². The Hall–Kier alpha value is -2.69. The second kappa shape index (κ2) is 7.86. The van der Waals surface area contributed by atoms with Crippen LogP contribution in [-0.2, 0) is 0 Å². The number of rotatable bonds is 5. The van der Waals surface area contributed by atoms with E-state index < -0.39 is 0 Å². The van der Waals surface area contributed by atoms with Crippen LogP contribution in [-0.4, -0.2) is 36.1 Å². The van der Waals surface area contributed by atoms with Crippen LogP contribution in [0.15, 0.2) is 67.3 Å². The largest absolute Gasteiger partial charge is 0.497 e. The molecule has 3 saturated heterocycles. The van der Waals surface area contributed by atoms with Gasteiger partial charge < -0.3 is 10.5 Å². The van der Waals surface area contributed by atoms with Gasteiger partial charge in [-0.1, -0.05) is 36.4 Å². The van der Waals surface area contributed by atoms with E-state index in [0.717, 1.165) is 53.0 Å². The van der Waals surface area contributed by atoms with Gasteiger partial charge in [-0.2, -0.15) is 0 Å². The van der Waals surface area contributed by atoms with Crippen molar-refractivity contribution in [3.63, 3.8) is 0 Å². The van der Waals surface area contributed by atoms with Crippen LogP contribution in [0.2, 0.25) is 0 Å². The quantitative estimate of drug-likeness (QED) is 0.626. The van der Waals surface area contributed by atoms with E-state index in [1.54, 1.807) is 7.11 Å². The maximum atomic E-state index is 7.01. The molecule has 0 saturated carbocycles. The summed E-state index contributed by atoms with van der Waals surface area (Å²) >= 11 is 0. The van der Waals surface area contributed by atoms with E-state index in [2.05, 4.69) is 54.0 Å². The van der Waals surface area contributed by atoms with Gasteiger partial charge in [0.15, 0.2) is 0 Å². The lowest BCUT2D eigenvalue weighted by Gasteiger charge is -2.51. The predicted molar refractivity (Wildman–Crippen MR) is 122 cm³/mol. The average molecular weight is 400 g/mol. The van der Waals surface area contributed by atoms with Gasteiger partial charge in [0.2, 0.25) is 0 Å². The monoisotopic (exact) mass is 399 g/mol. The normalized spacial score (nSPS) is 26.5. The van der Waals surface area contributed by atoms with Gasteiger partial charge in [0.05, 0.1) is 18.3 Å². The molecule has 2 bridgehead atoms. The molecule has 3 aliphatic heterocycles. The molecule has 4 nitrogen and oxygen atoms in total. The Kier molecular flexibility index (Phi) is 5.05. The lowest BCUT2D eigenvalue weighted by molar-refractivity contribution is 0.00750. The number of aromatic nitrogens is 1. The molecule has 3 aliphatic rings. The van der Waals surface area contributed by atoms with Crippen LogP contribution in [0, 0.1) is 11.8 Å². The van der Waals surface area contributed by atoms with Crippen LogP contribution in [0.1, 0.15) is 24.4 Å². The molecule has 0 amide bonds. The highest BCUT2D eigenvalue weighted by molar-refractivity contribution is 5.87. The average Bonchev–Trinajstić information content (AvgIpc) is 2.83. The Labute approximate surface area is 178 Å². The lowest BCUT2D eigenvalue weighted by Crippen LogP contribution is -2.56. The highest BCUT2D eigenvalue weighted by atomic mass is 16.5. The number of fused-ring (bicyclic) bond motifs is 4. The van der Waals surface area contributed by atoms with Gasteiger partial charge in [-0.05, 0) is 61.1 Å². The zero-order chi connectivity index (χ0) is 20.7. The van der Waals surface area contributed by atoms with E-state index >= 15 is 0 Å². The Balaban J connectivity index is 1.60. The summed E-state index contributed by atoms with van der Waals surface area (Å²) in [5, 5.41) is 1.09. The number of benzene rings is 2. The number of hydrogen-bond donors (Lipinski definition) is 1. The minimum absolute atomic E-state index is 0.0707. The minimum atomic E-state index is -0.0707. The van der Waals surface area contributed by atoms with E-state index in [9.17, 15) is 0 Å². The van der Waals surface area contributed by atoms with Crippen LogP contribution in [0.25, 0.3) is 22.2 Å². The van der Waals surface area contributed by atoms with Gasteiger partial charge in [-0.15, -0.1) is 6.58 Å². The molecule has 0 spiro atoms. The highest BCUT2D eigenvalue weighted by Crippen LogP contribution is 2.42. The molecule has 2 aromatic carbocycles. The first kappa shape index (κ1) is 19.3. The fraction of sp³-hybridized carbons (Fsp3) is 0.346. The molecule has 30 heavy (non-hydrogen) atoms. The summed E-state index contributed by atoms with van der Waals surface area (Å²) in [6.45, 7) is 6.26. The first-order chi connectivity index (χ1) is 14.7. The number of nitrogens with two attached hydrogens (primary N) is 1. The third kappa shape index (κ3) is 3.30. The van der Waals surface area contributed by atoms with Gasteiger partial charge >= 0.3 is 0 Å². The van der Waals surface area contributed by atoms with Crippen molar-refractivity contribution in [3.8, 4) is 17.0 Å². The maximum absolute atomic E-state index is 7.01. The molecule has 2 N–H and O–H groups in total. The van der Waals surface area contributed by atoms with E-state index in [-0.39, 0.29) is 6.04 Å². The zero-order valence-electron chi connectivity index (χ0n) is 17.5. The van der Waals surface area contributed by atoms with E-state index in [0.29, 0.717) is 17.9 Å². The van der Waals surface area contributed by atoms with E-state index in [1.165, 1.54) is 6.42 Å². The molecule has 4 heteroatoms. The molecule has 0 radical (unpaired) electrons. The lowest BCUT2D eigenvalue weighted by atomic mass is 9.73. The first-order valence-electron chi connectivity index (χ1n) is 10.8. The maximum Gasteiger partial charge on any atom is 0.119 e. The molecular formula is C26H29N3O. The minimum Gasteiger partial charge on any atom is -0.497 e. The summed E-state index contributed by atoms with van der Waals surface area (Å²) in [4.78, 5) is 7.52. The van der Waals surface area contributed by atoms with Crippen LogP contribution in [0.3, 0.4) is 0 Å². The highest BCUT2D eigenvalue weighted by Gasteiger charge is 2.41. The van der Waals surface area contributed by atoms with Crippen LogP contribution in [0.5, 0.6) is 5.75 Å². The summed E-state index contributed by atoms with van der Waals surface area (Å²) in [5.74, 6) is 2.12. The number of methoxy groups -OCH3 is 1. The Bertz CT molecular complexity index is 1060. The smallest absolute Gasteiger partial charge is 0.119 e. The first-order valence-corrected chi connectivity index (χ1v) is 10.8. The predicted octanol–water partition coefficient (Wildman–Crippen LogP) is 4.81. The molecule has 3 aromatic rings. The van der Waals surface area contributed by atoms with Crippen molar-refractivity contribution < 1.29 is 4.74 Å². The summed E-state index contributed by atoms with van der Waals surface area (Å²) in [6, 6.07) is 18.9. The molecule has 3 fully saturated rings. The van der Waals surface area contributed by atoms with Crippen molar-refractivity contribution in [3.05, 3.63) is 72.8 Å². The van der Waals surface area contributed by atoms with Gasteiger partial charge in [-0.25, -0.2) is 4.98 Å². The zero-order valence-corrected chi connectivity index (χ0v) is 17.5. The fourth-order valence-corrected chi connectivity index (χ4v) is 5.35. The Morgan fingerprint density at radius 2 is 2.03 bits per heavy atom. The molecule has 154 valence electrons. The number of ether oxygens (including phenoxy) is 1. The van der Waals surface area contributed by atoms with Gasteiger partial charge in [0.1, 0.15) is 5.75 Å². The number of pyridine rings is 1. The number of piperidine rings is 3. The second-order valence-corrected chi connectivity index (χ2v) is 8.62. The summed E-state index contributed by atoms with van der Waals surface area (Å²) < 4.78 is 5.51. The fourth-order valence-electron chi connectivity index (χ4n) is 5.35. The standard InChI is InChI=1S/C26H29N3O/c1-3-17-16-29-12-11-19(17)13-25(29)26(27)22-15-24(18-7-5-4-6-8-18)28-23-10-9-20(30-2)14-21(22)23/h3-10,14-15,17,19,25-26H,1,11-13,16,27H2,2H3/t17-,19-,25-,26-/m0/s1. The molecule has 0 aliphatic carbocycles. The van der Waals surface area contributed by atoms with Crippen molar-refractivity contribution in [1.82, 2.24) is 9.88 Å². The molecule has 6 rings (SSSR count). The summed E-state index contributed by atoms with van der Waals surface area (Å²) in [7, 11) is 1.70. The van der Waals surface area contributed by atoms with Gasteiger partial charge in [0, 0.05) is 29.6 Å². The Morgan fingerprint density at radius 3 is 2.73 bits per heavy atom. The molecule has 1 unspecified atom stereocenters. The van der Waals surface area contributed by atoms with Crippen molar-refractivity contribution in [2.24, 2.45) is 17.6 Å². The van der Waals surface area contributed by atoms with Gasteiger partial charge in [0.25, 0.3) is 0 Å². The van der Waals surface area contributed by atoms with Crippen LogP contribution in [0.4, 0.5) is 0 Å². The molecular weight excluding hydrogens is 370 g/mol. The third-order valence-corrected chi connectivity index (χ3v) is 7.04. The second-order valence-electron chi connectivity index (χ2n) is 8.62. The summed E-state index contributed by atoms with van der Waals surface area (Å²) in [6.07, 6.45) is 4.52. The number of nitrogens with zero attached hydrogens (tertiary/aromatic N) is 2. The van der Waals surface area contributed by atoms with E-state index in [4.69, 9.17) is 15.5 Å². The Morgan fingerprint density at radius 1 is 1.20 bits per heavy atom. The van der Waals surface area contributed by atoms with Gasteiger partial charge in [-0.3, -0.25) is 4.90 Å². The molecule has 5 atom stereocenters. The number of hydrogen-bond acceptors (Lipinski definition) is 4. The summed E-state index contributed by atoms with van der Waals surface area (Å²) in [5.41, 5.74) is 11.2. The van der Waals surface area contributed by atoms with Crippen molar-refractivity contribution >= 4 is 10.9 Å². The van der Waals surface area contributed by atoms with Crippen LogP contribution >= 0.6 is 0 Å². The third-order valence-electron chi connectivity index (χ3n) is 7.04. The SMILES string of the molecule is C=C[C@H]1CN2CC[C@H]1C[C@H]2[C@@H](N)c1cc(-c2ccccc2)nc2ccc(OC)cc12. The van der Waals surface area contributed by atoms with E-state index in [1.807, 2.05) is 18.2 Å². The van der Waals surface area contributed by atoms with Crippen molar-refractivity contribution in [1.29, 1.82) is 0 Å². The van der Waals surface area contributed by atoms with Crippen LogP contribution < -0.4 is 10.5 Å². The topological polar surface area (TPSA) is 51.4 Å². The molecule has 4 heterocycles. The molecule has 1 aromatic heterocycles.